The van der Waals surface area contributed by atoms with E-state index < -0.39 is 4.65 Å². The van der Waals surface area contributed by atoms with Gasteiger partial charge in [-0.2, -0.15) is 0 Å². The summed E-state index contributed by atoms with van der Waals surface area (Å²) in [6, 6.07) is 0. The fourth-order valence-corrected chi connectivity index (χ4v) is 4.66. The molecular formula is C8H7Br2NO2S. The molecule has 2 heterocycles. The van der Waals surface area contributed by atoms with E-state index in [0.717, 1.165) is 13.1 Å². The van der Waals surface area contributed by atoms with E-state index in [9.17, 15) is 10.0 Å². The van der Waals surface area contributed by atoms with E-state index >= 15 is 0 Å². The summed E-state index contributed by atoms with van der Waals surface area (Å²) in [4.78, 5) is 11.8. The topological polar surface area (TPSA) is 40.1 Å². The van der Waals surface area contributed by atoms with Crippen molar-refractivity contribution in [2.45, 2.75) is 13.5 Å². The molecule has 3 nitrogen and oxygen atoms in total. The summed E-state index contributed by atoms with van der Waals surface area (Å²) < 4.78 is 0.890. The van der Waals surface area contributed by atoms with Crippen LogP contribution in [0.5, 0.6) is 0 Å². The van der Waals surface area contributed by atoms with Crippen molar-refractivity contribution in [3.63, 3.8) is 0 Å². The zero-order chi connectivity index (χ0) is 10.5. The molecule has 0 aliphatic carbocycles. The monoisotopic (exact) mass is 339 g/mol. The molecule has 1 unspecified atom stereocenters. The number of nitrogens with zero attached hydrogens (tertiary/aromatic N) is 1. The first kappa shape index (κ1) is 10.8. The lowest BCUT2D eigenvalue weighted by atomic mass is 10.2. The van der Waals surface area contributed by atoms with Gasteiger partial charge in [-0.05, 0) is 38.8 Å². The van der Waals surface area contributed by atoms with E-state index in [1.54, 1.807) is 6.92 Å². The van der Waals surface area contributed by atoms with Gasteiger partial charge in [-0.1, -0.05) is 0 Å². The SMILES string of the molecule is CC[N+]1([O-])Cc2c(Br)sc(Br)c2C1=O. The highest BCUT2D eigenvalue weighted by Crippen LogP contribution is 2.44. The molecule has 1 amide bonds. The second kappa shape index (κ2) is 3.38. The van der Waals surface area contributed by atoms with Gasteiger partial charge < -0.3 is 5.21 Å². The van der Waals surface area contributed by atoms with E-state index in [0.29, 0.717) is 5.56 Å². The van der Waals surface area contributed by atoms with Gasteiger partial charge in [0.2, 0.25) is 0 Å². The normalized spacial score (nSPS) is 25.6. The number of rotatable bonds is 1. The number of hydrogen-bond acceptors (Lipinski definition) is 3. The van der Waals surface area contributed by atoms with Crippen molar-refractivity contribution >= 4 is 49.1 Å². The molecule has 0 spiro atoms. The van der Waals surface area contributed by atoms with Crippen LogP contribution < -0.4 is 0 Å². The summed E-state index contributed by atoms with van der Waals surface area (Å²) in [5.41, 5.74) is 1.42. The largest absolute Gasteiger partial charge is 0.625 e. The molecule has 6 heteroatoms. The summed E-state index contributed by atoms with van der Waals surface area (Å²) >= 11 is 8.12. The number of thiophene rings is 1. The van der Waals surface area contributed by atoms with Crippen LogP contribution in [-0.2, 0) is 6.54 Å². The van der Waals surface area contributed by atoms with Gasteiger partial charge in [0.15, 0.2) is 0 Å². The fraction of sp³-hybridized carbons (Fsp3) is 0.375. The Bertz CT molecular complexity index is 418. The molecule has 0 N–H and O–H groups in total. The van der Waals surface area contributed by atoms with Crippen molar-refractivity contribution in [1.82, 2.24) is 0 Å². The number of amides is 1. The Morgan fingerprint density at radius 2 is 2.14 bits per heavy atom. The highest BCUT2D eigenvalue weighted by atomic mass is 79.9. The Morgan fingerprint density at radius 1 is 1.50 bits per heavy atom. The van der Waals surface area contributed by atoms with Crippen LogP contribution in [0.4, 0.5) is 0 Å². The van der Waals surface area contributed by atoms with Gasteiger partial charge in [-0.15, -0.1) is 11.3 Å². The van der Waals surface area contributed by atoms with Gasteiger partial charge >= 0.3 is 5.91 Å². The summed E-state index contributed by atoms with van der Waals surface area (Å²) in [5.74, 6) is -0.323. The lowest BCUT2D eigenvalue weighted by molar-refractivity contribution is -0.805. The zero-order valence-corrected chi connectivity index (χ0v) is 11.3. The minimum atomic E-state index is -0.755. The molecule has 0 fully saturated rings. The quantitative estimate of drug-likeness (QED) is 0.581. The van der Waals surface area contributed by atoms with Gasteiger partial charge in [0.05, 0.1) is 19.7 Å². The summed E-state index contributed by atoms with van der Waals surface area (Å²) in [7, 11) is 0. The van der Waals surface area contributed by atoms with Crippen LogP contribution in [0.15, 0.2) is 7.57 Å². The van der Waals surface area contributed by atoms with Gasteiger partial charge in [0.1, 0.15) is 12.1 Å². The molecule has 0 saturated heterocycles. The third-order valence-corrected chi connectivity index (χ3v) is 5.08. The first-order valence-electron chi connectivity index (χ1n) is 4.09. The first-order valence-corrected chi connectivity index (χ1v) is 6.49. The number of carbonyl (C=O) groups excluding carboxylic acids is 1. The minimum absolute atomic E-state index is 0.257. The maximum atomic E-state index is 12.0. The van der Waals surface area contributed by atoms with Gasteiger partial charge in [0, 0.05) is 0 Å². The van der Waals surface area contributed by atoms with Crippen LogP contribution in [0.3, 0.4) is 0 Å². The molecule has 1 aliphatic rings. The first-order chi connectivity index (χ1) is 6.49. The zero-order valence-electron chi connectivity index (χ0n) is 7.34. The smallest absolute Gasteiger partial charge is 0.348 e. The molecule has 1 aromatic rings. The Balaban J connectivity index is 2.57. The number of fused-ring (bicyclic) bond motifs is 1. The average Bonchev–Trinajstić information content (AvgIpc) is 2.54. The lowest BCUT2D eigenvalue weighted by Gasteiger charge is -2.33. The molecule has 0 aromatic carbocycles. The molecule has 0 radical (unpaired) electrons. The maximum Gasteiger partial charge on any atom is 0.348 e. The van der Waals surface area contributed by atoms with E-state index in [4.69, 9.17) is 0 Å². The highest BCUT2D eigenvalue weighted by Gasteiger charge is 2.42. The van der Waals surface area contributed by atoms with E-state index in [2.05, 4.69) is 31.9 Å². The molecule has 2 rings (SSSR count). The van der Waals surface area contributed by atoms with Crippen LogP contribution in [0.1, 0.15) is 22.8 Å². The molecule has 1 aromatic heterocycles. The Kier molecular flexibility index (Phi) is 2.60. The van der Waals surface area contributed by atoms with Crippen LogP contribution >= 0.6 is 43.2 Å². The third kappa shape index (κ3) is 1.32. The predicted molar refractivity (Wildman–Crippen MR) is 61.9 cm³/mol. The van der Waals surface area contributed by atoms with Crippen molar-refractivity contribution < 1.29 is 9.44 Å². The van der Waals surface area contributed by atoms with Crippen LogP contribution in [0, 0.1) is 5.21 Å². The molecular weight excluding hydrogens is 334 g/mol. The van der Waals surface area contributed by atoms with Gasteiger partial charge in [0.25, 0.3) is 0 Å². The highest BCUT2D eigenvalue weighted by molar-refractivity contribution is 9.12. The standard InChI is InChI=1S/C8H7Br2NO2S/c1-2-11(13)3-4-5(8(11)12)7(10)14-6(4)9/h2-3H2,1H3. The van der Waals surface area contributed by atoms with Crippen molar-refractivity contribution in [2.24, 2.45) is 0 Å². The van der Waals surface area contributed by atoms with Crippen molar-refractivity contribution in [2.75, 3.05) is 6.54 Å². The van der Waals surface area contributed by atoms with Crippen LogP contribution in [0.2, 0.25) is 0 Å². The number of halogens is 2. The number of quaternary nitrogens is 1. The van der Waals surface area contributed by atoms with E-state index in [-0.39, 0.29) is 19.0 Å². The Morgan fingerprint density at radius 3 is 2.64 bits per heavy atom. The lowest BCUT2D eigenvalue weighted by Crippen LogP contribution is -2.41. The van der Waals surface area contributed by atoms with Gasteiger partial charge in [-0.25, -0.2) is 4.79 Å². The van der Waals surface area contributed by atoms with Crippen LogP contribution in [-0.4, -0.2) is 17.1 Å². The van der Waals surface area contributed by atoms with Crippen molar-refractivity contribution in [3.05, 3.63) is 23.9 Å². The molecule has 1 aliphatic heterocycles. The van der Waals surface area contributed by atoms with Crippen molar-refractivity contribution in [3.8, 4) is 0 Å². The molecule has 76 valence electrons. The molecule has 1 atom stereocenters. The fourth-order valence-electron chi connectivity index (χ4n) is 1.55. The van der Waals surface area contributed by atoms with E-state index in [1.807, 2.05) is 0 Å². The summed E-state index contributed by atoms with van der Waals surface area (Å²) in [5, 5.41) is 12.0. The summed E-state index contributed by atoms with van der Waals surface area (Å²) in [6.07, 6.45) is 0. The van der Waals surface area contributed by atoms with Gasteiger partial charge in [-0.3, -0.25) is 4.65 Å². The molecule has 0 saturated carbocycles. The number of hydroxylamine groups is 3. The minimum Gasteiger partial charge on any atom is -0.625 e. The maximum absolute atomic E-state index is 12.0. The second-order valence-corrected chi connectivity index (χ2v) is 6.83. The molecule has 0 bridgehead atoms. The second-order valence-electron chi connectivity index (χ2n) is 3.17. The molecule has 14 heavy (non-hydrogen) atoms. The number of carbonyl (C=O) groups is 1. The average molecular weight is 341 g/mol. The van der Waals surface area contributed by atoms with Crippen LogP contribution in [0.25, 0.3) is 0 Å². The Labute approximate surface area is 102 Å². The Hall–Kier alpha value is 0.250. The van der Waals surface area contributed by atoms with Crippen molar-refractivity contribution in [1.29, 1.82) is 0 Å². The number of hydrogen-bond donors (Lipinski definition) is 0. The summed E-state index contributed by atoms with van der Waals surface area (Å²) in [6.45, 7) is 2.28. The third-order valence-electron chi connectivity index (χ3n) is 2.42. The van der Waals surface area contributed by atoms with E-state index in [1.165, 1.54) is 11.3 Å². The predicted octanol–water partition coefficient (Wildman–Crippen LogP) is 3.26.